The van der Waals surface area contributed by atoms with E-state index in [1.807, 2.05) is 0 Å². The van der Waals surface area contributed by atoms with Gasteiger partial charge in [0.1, 0.15) is 11.6 Å². The van der Waals surface area contributed by atoms with E-state index in [9.17, 15) is 8.78 Å². The molecule has 0 spiro atoms. The minimum absolute atomic E-state index is 0.333. The standard InChI is InChI=1S/C16H23F2N/c1-10(2)13-7-8-19(16(13)11(3)4)15-6-5-12(17)9-14(15)18/h5-6,9-11,13,16H,7-8H2,1-4H3. The van der Waals surface area contributed by atoms with Gasteiger partial charge in [0.15, 0.2) is 0 Å². The smallest absolute Gasteiger partial charge is 0.149 e. The SMILES string of the molecule is CC(C)C1CCN(c2ccc(F)cc2F)C1C(C)C. The fraction of sp³-hybridized carbons (Fsp3) is 0.625. The quantitative estimate of drug-likeness (QED) is 0.781. The highest BCUT2D eigenvalue weighted by molar-refractivity contribution is 5.50. The third kappa shape index (κ3) is 2.75. The number of hydrogen-bond acceptors (Lipinski definition) is 1. The van der Waals surface area contributed by atoms with Crippen LogP contribution in [0.5, 0.6) is 0 Å². The summed E-state index contributed by atoms with van der Waals surface area (Å²) >= 11 is 0. The van der Waals surface area contributed by atoms with Gasteiger partial charge in [0, 0.05) is 18.7 Å². The zero-order valence-electron chi connectivity index (χ0n) is 12.2. The number of rotatable bonds is 3. The van der Waals surface area contributed by atoms with E-state index in [2.05, 4.69) is 32.6 Å². The van der Waals surface area contributed by atoms with E-state index in [0.29, 0.717) is 29.5 Å². The Kier molecular flexibility index (Phi) is 4.12. The first kappa shape index (κ1) is 14.3. The Morgan fingerprint density at radius 3 is 2.32 bits per heavy atom. The summed E-state index contributed by atoms with van der Waals surface area (Å²) in [5, 5.41) is 0. The summed E-state index contributed by atoms with van der Waals surface area (Å²) in [4.78, 5) is 2.13. The van der Waals surface area contributed by atoms with E-state index in [0.717, 1.165) is 19.0 Å². The molecule has 1 fully saturated rings. The summed E-state index contributed by atoms with van der Waals surface area (Å²) in [7, 11) is 0. The van der Waals surface area contributed by atoms with Gasteiger partial charge in [-0.05, 0) is 36.3 Å². The molecule has 1 saturated heterocycles. The van der Waals surface area contributed by atoms with Gasteiger partial charge in [0.25, 0.3) is 0 Å². The molecule has 0 aromatic heterocycles. The summed E-state index contributed by atoms with van der Waals surface area (Å²) in [6.07, 6.45) is 1.08. The number of benzene rings is 1. The Labute approximate surface area is 114 Å². The topological polar surface area (TPSA) is 3.24 Å². The highest BCUT2D eigenvalue weighted by atomic mass is 19.1. The van der Waals surface area contributed by atoms with E-state index in [1.165, 1.54) is 6.07 Å². The Balaban J connectivity index is 2.33. The van der Waals surface area contributed by atoms with Crippen LogP contribution in [0, 0.1) is 29.4 Å². The van der Waals surface area contributed by atoms with Gasteiger partial charge in [-0.1, -0.05) is 27.7 Å². The molecule has 2 unspecified atom stereocenters. The molecule has 19 heavy (non-hydrogen) atoms. The molecule has 1 heterocycles. The molecule has 1 nitrogen and oxygen atoms in total. The van der Waals surface area contributed by atoms with Crippen LogP contribution in [0.2, 0.25) is 0 Å². The maximum Gasteiger partial charge on any atom is 0.149 e. The van der Waals surface area contributed by atoms with Gasteiger partial charge >= 0.3 is 0 Å². The number of anilines is 1. The summed E-state index contributed by atoms with van der Waals surface area (Å²) < 4.78 is 27.0. The molecule has 1 aliphatic rings. The second-order valence-corrected chi connectivity index (χ2v) is 6.22. The molecule has 2 rings (SSSR count). The average Bonchev–Trinajstić information content (AvgIpc) is 2.73. The molecule has 1 aromatic carbocycles. The first-order chi connectivity index (χ1) is 8.91. The van der Waals surface area contributed by atoms with Crippen LogP contribution in [-0.2, 0) is 0 Å². The molecule has 1 aromatic rings. The van der Waals surface area contributed by atoms with Gasteiger partial charge in [-0.2, -0.15) is 0 Å². The van der Waals surface area contributed by atoms with Crippen LogP contribution in [-0.4, -0.2) is 12.6 Å². The lowest BCUT2D eigenvalue weighted by Crippen LogP contribution is -2.39. The third-order valence-corrected chi connectivity index (χ3v) is 4.26. The Morgan fingerprint density at radius 2 is 1.79 bits per heavy atom. The maximum absolute atomic E-state index is 14.0. The minimum Gasteiger partial charge on any atom is -0.366 e. The summed E-state index contributed by atoms with van der Waals surface area (Å²) in [6.45, 7) is 9.67. The van der Waals surface area contributed by atoms with Crippen LogP contribution in [0.4, 0.5) is 14.5 Å². The van der Waals surface area contributed by atoms with Crippen LogP contribution >= 0.6 is 0 Å². The van der Waals surface area contributed by atoms with Crippen molar-refractivity contribution in [2.45, 2.75) is 40.2 Å². The van der Waals surface area contributed by atoms with E-state index in [4.69, 9.17) is 0 Å². The Hall–Kier alpha value is -1.12. The molecular weight excluding hydrogens is 244 g/mol. The van der Waals surface area contributed by atoms with Crippen molar-refractivity contribution in [3.63, 3.8) is 0 Å². The molecular formula is C16H23F2N. The van der Waals surface area contributed by atoms with Crippen molar-refractivity contribution in [2.75, 3.05) is 11.4 Å². The molecule has 0 aliphatic carbocycles. The van der Waals surface area contributed by atoms with Crippen LogP contribution in [0.3, 0.4) is 0 Å². The van der Waals surface area contributed by atoms with Gasteiger partial charge in [-0.15, -0.1) is 0 Å². The molecule has 3 heteroatoms. The second-order valence-electron chi connectivity index (χ2n) is 6.22. The Bertz CT molecular complexity index is 442. The van der Waals surface area contributed by atoms with Crippen molar-refractivity contribution >= 4 is 5.69 Å². The first-order valence-electron chi connectivity index (χ1n) is 7.13. The van der Waals surface area contributed by atoms with Gasteiger partial charge < -0.3 is 4.90 Å². The third-order valence-electron chi connectivity index (χ3n) is 4.26. The van der Waals surface area contributed by atoms with Crippen molar-refractivity contribution in [1.82, 2.24) is 0 Å². The van der Waals surface area contributed by atoms with Crippen molar-refractivity contribution in [3.8, 4) is 0 Å². The predicted octanol–water partition coefficient (Wildman–Crippen LogP) is 4.47. The lowest BCUT2D eigenvalue weighted by Gasteiger charge is -2.34. The number of nitrogens with zero attached hydrogens (tertiary/aromatic N) is 1. The van der Waals surface area contributed by atoms with E-state index < -0.39 is 11.6 Å². The summed E-state index contributed by atoms with van der Waals surface area (Å²) in [5.74, 6) is 0.654. The van der Waals surface area contributed by atoms with E-state index in [-0.39, 0.29) is 0 Å². The van der Waals surface area contributed by atoms with Crippen LogP contribution in [0.25, 0.3) is 0 Å². The van der Waals surface area contributed by atoms with Gasteiger partial charge in [-0.3, -0.25) is 0 Å². The lowest BCUT2D eigenvalue weighted by molar-refractivity contribution is 0.300. The molecule has 106 valence electrons. The molecule has 0 radical (unpaired) electrons. The first-order valence-corrected chi connectivity index (χ1v) is 7.13. The highest BCUT2D eigenvalue weighted by Gasteiger charge is 2.38. The molecule has 2 atom stereocenters. The van der Waals surface area contributed by atoms with Crippen LogP contribution in [0.15, 0.2) is 18.2 Å². The van der Waals surface area contributed by atoms with Crippen molar-refractivity contribution in [3.05, 3.63) is 29.8 Å². The summed E-state index contributed by atoms with van der Waals surface area (Å²) in [6, 6.07) is 4.23. The minimum atomic E-state index is -0.512. The van der Waals surface area contributed by atoms with Crippen LogP contribution < -0.4 is 4.90 Å². The summed E-state index contributed by atoms with van der Waals surface area (Å²) in [5.41, 5.74) is 0.545. The normalized spacial score (nSPS) is 23.7. The Morgan fingerprint density at radius 1 is 1.11 bits per heavy atom. The van der Waals surface area contributed by atoms with Crippen molar-refractivity contribution in [2.24, 2.45) is 17.8 Å². The molecule has 0 N–H and O–H groups in total. The lowest BCUT2D eigenvalue weighted by atomic mass is 9.83. The van der Waals surface area contributed by atoms with Gasteiger partial charge in [0.2, 0.25) is 0 Å². The van der Waals surface area contributed by atoms with Crippen molar-refractivity contribution in [1.29, 1.82) is 0 Å². The van der Waals surface area contributed by atoms with E-state index in [1.54, 1.807) is 6.07 Å². The largest absolute Gasteiger partial charge is 0.366 e. The fourth-order valence-corrected chi connectivity index (χ4v) is 3.42. The average molecular weight is 267 g/mol. The molecule has 1 aliphatic heterocycles. The fourth-order valence-electron chi connectivity index (χ4n) is 3.42. The van der Waals surface area contributed by atoms with Crippen molar-refractivity contribution < 1.29 is 8.78 Å². The zero-order valence-corrected chi connectivity index (χ0v) is 12.2. The number of halogens is 2. The van der Waals surface area contributed by atoms with Gasteiger partial charge in [-0.25, -0.2) is 8.78 Å². The maximum atomic E-state index is 14.0. The molecule has 0 saturated carbocycles. The molecule has 0 bridgehead atoms. The zero-order chi connectivity index (χ0) is 14.2. The van der Waals surface area contributed by atoms with Gasteiger partial charge in [0.05, 0.1) is 5.69 Å². The highest BCUT2D eigenvalue weighted by Crippen LogP contribution is 2.38. The predicted molar refractivity (Wildman–Crippen MR) is 75.3 cm³/mol. The number of hydrogen-bond donors (Lipinski definition) is 0. The molecule has 0 amide bonds. The van der Waals surface area contributed by atoms with E-state index >= 15 is 0 Å². The van der Waals surface area contributed by atoms with Crippen LogP contribution in [0.1, 0.15) is 34.1 Å². The second kappa shape index (κ2) is 5.48. The monoisotopic (exact) mass is 267 g/mol.